The molecule has 2 aliphatic rings. The first kappa shape index (κ1) is 18.5. The van der Waals surface area contributed by atoms with Crippen LogP contribution in [0.3, 0.4) is 0 Å². The predicted octanol–water partition coefficient (Wildman–Crippen LogP) is 2.36. The minimum Gasteiger partial charge on any atom is -0.497 e. The fourth-order valence-corrected chi connectivity index (χ4v) is 3.81. The van der Waals surface area contributed by atoms with E-state index in [1.165, 1.54) is 12.8 Å². The first-order valence-electron chi connectivity index (χ1n) is 9.93. The molecule has 2 fully saturated rings. The van der Waals surface area contributed by atoms with E-state index in [-0.39, 0.29) is 5.91 Å². The van der Waals surface area contributed by atoms with E-state index in [4.69, 9.17) is 9.72 Å². The number of aromatic nitrogens is 2. The molecule has 28 heavy (non-hydrogen) atoms. The molecule has 0 unspecified atom stereocenters. The summed E-state index contributed by atoms with van der Waals surface area (Å²) in [5.74, 6) is 2.62. The molecule has 0 bridgehead atoms. The van der Waals surface area contributed by atoms with Gasteiger partial charge in [-0.2, -0.15) is 4.98 Å². The fourth-order valence-electron chi connectivity index (χ4n) is 3.81. The van der Waals surface area contributed by atoms with Crippen LogP contribution in [0.15, 0.2) is 30.3 Å². The van der Waals surface area contributed by atoms with Gasteiger partial charge in [-0.15, -0.1) is 0 Å². The van der Waals surface area contributed by atoms with Gasteiger partial charge in [-0.3, -0.25) is 4.79 Å². The molecule has 2 saturated heterocycles. The number of rotatable bonds is 4. The van der Waals surface area contributed by atoms with E-state index in [9.17, 15) is 4.79 Å². The van der Waals surface area contributed by atoms with Gasteiger partial charge in [-0.1, -0.05) is 0 Å². The molecule has 1 aromatic heterocycles. The Morgan fingerprint density at radius 1 is 0.929 bits per heavy atom. The molecule has 1 aromatic carbocycles. The summed E-state index contributed by atoms with van der Waals surface area (Å²) < 4.78 is 5.16. The quantitative estimate of drug-likeness (QED) is 0.810. The number of aryl methyl sites for hydroxylation is 1. The minimum absolute atomic E-state index is 0.0604. The summed E-state index contributed by atoms with van der Waals surface area (Å²) in [6, 6.07) is 9.35. The van der Waals surface area contributed by atoms with Crippen molar-refractivity contribution in [2.45, 2.75) is 19.8 Å². The molecule has 7 nitrogen and oxygen atoms in total. The van der Waals surface area contributed by atoms with Crippen LogP contribution >= 0.6 is 0 Å². The molecule has 1 amide bonds. The van der Waals surface area contributed by atoms with Gasteiger partial charge in [0.15, 0.2) is 0 Å². The van der Waals surface area contributed by atoms with Gasteiger partial charge >= 0.3 is 0 Å². The standard InChI is InChI=1S/C21H27N5O2/c1-16-15-19(24-9-3-4-10-24)23-21(22-16)26-13-11-25(12-14-26)20(27)17-5-7-18(28-2)8-6-17/h5-8,15H,3-4,9-14H2,1-2H3. The highest BCUT2D eigenvalue weighted by Gasteiger charge is 2.24. The molecule has 7 heteroatoms. The smallest absolute Gasteiger partial charge is 0.253 e. The Kier molecular flexibility index (Phi) is 5.32. The lowest BCUT2D eigenvalue weighted by molar-refractivity contribution is 0.0746. The molecular formula is C21H27N5O2. The number of benzene rings is 1. The number of carbonyl (C=O) groups excluding carboxylic acids is 1. The van der Waals surface area contributed by atoms with Crippen LogP contribution in [-0.2, 0) is 0 Å². The van der Waals surface area contributed by atoms with Crippen LogP contribution in [0.1, 0.15) is 28.9 Å². The zero-order chi connectivity index (χ0) is 19.5. The molecule has 4 rings (SSSR count). The zero-order valence-electron chi connectivity index (χ0n) is 16.6. The molecule has 148 valence electrons. The summed E-state index contributed by atoms with van der Waals surface area (Å²) >= 11 is 0. The van der Waals surface area contributed by atoms with Gasteiger partial charge in [0.25, 0.3) is 5.91 Å². The highest BCUT2D eigenvalue weighted by atomic mass is 16.5. The first-order chi connectivity index (χ1) is 13.6. The number of amides is 1. The molecule has 2 aromatic rings. The maximum absolute atomic E-state index is 12.8. The van der Waals surface area contributed by atoms with Gasteiger partial charge in [0.2, 0.25) is 5.95 Å². The number of piperazine rings is 1. The summed E-state index contributed by atoms with van der Waals surface area (Å²) in [6.45, 7) is 6.98. The molecule has 0 radical (unpaired) electrons. The number of anilines is 2. The molecular weight excluding hydrogens is 354 g/mol. The monoisotopic (exact) mass is 381 g/mol. The average molecular weight is 381 g/mol. The summed E-state index contributed by atoms with van der Waals surface area (Å²) in [6.07, 6.45) is 2.45. The number of nitrogens with zero attached hydrogens (tertiary/aromatic N) is 5. The largest absolute Gasteiger partial charge is 0.497 e. The van der Waals surface area contributed by atoms with E-state index in [0.717, 1.165) is 49.4 Å². The number of hydrogen-bond donors (Lipinski definition) is 0. The highest BCUT2D eigenvalue weighted by Crippen LogP contribution is 2.22. The Morgan fingerprint density at radius 3 is 2.25 bits per heavy atom. The Morgan fingerprint density at radius 2 is 1.61 bits per heavy atom. The van der Waals surface area contributed by atoms with E-state index < -0.39 is 0 Å². The zero-order valence-corrected chi connectivity index (χ0v) is 16.6. The highest BCUT2D eigenvalue weighted by molar-refractivity contribution is 5.94. The SMILES string of the molecule is COc1ccc(C(=O)N2CCN(c3nc(C)cc(N4CCCC4)n3)CC2)cc1. The first-order valence-corrected chi connectivity index (χ1v) is 9.93. The second kappa shape index (κ2) is 8.04. The molecule has 2 aliphatic heterocycles. The van der Waals surface area contributed by atoms with E-state index in [1.54, 1.807) is 7.11 Å². The normalized spacial score (nSPS) is 17.1. The number of carbonyl (C=O) groups is 1. The van der Waals surface area contributed by atoms with E-state index in [1.807, 2.05) is 36.1 Å². The van der Waals surface area contributed by atoms with Crippen LogP contribution in [0.25, 0.3) is 0 Å². The van der Waals surface area contributed by atoms with Crippen LogP contribution in [0, 0.1) is 6.92 Å². The van der Waals surface area contributed by atoms with Crippen molar-refractivity contribution in [3.8, 4) is 5.75 Å². The van der Waals surface area contributed by atoms with Crippen LogP contribution in [0.4, 0.5) is 11.8 Å². The maximum Gasteiger partial charge on any atom is 0.253 e. The topological polar surface area (TPSA) is 61.8 Å². The fraction of sp³-hybridized carbons (Fsp3) is 0.476. The lowest BCUT2D eigenvalue weighted by Crippen LogP contribution is -2.49. The van der Waals surface area contributed by atoms with Gasteiger partial charge in [-0.25, -0.2) is 4.98 Å². The average Bonchev–Trinajstić information content (AvgIpc) is 3.28. The Bertz CT molecular complexity index is 825. The van der Waals surface area contributed by atoms with Crippen molar-refractivity contribution < 1.29 is 9.53 Å². The van der Waals surface area contributed by atoms with Crippen molar-refractivity contribution in [2.24, 2.45) is 0 Å². The summed E-state index contributed by atoms with van der Waals surface area (Å²) in [5.41, 5.74) is 1.68. The van der Waals surface area contributed by atoms with E-state index in [2.05, 4.69) is 20.9 Å². The Labute approximate surface area is 165 Å². The minimum atomic E-state index is 0.0604. The Hall–Kier alpha value is -2.83. The summed E-state index contributed by atoms with van der Waals surface area (Å²) in [7, 11) is 1.62. The van der Waals surface area contributed by atoms with Gasteiger partial charge in [0.1, 0.15) is 11.6 Å². The molecule has 0 saturated carbocycles. The van der Waals surface area contributed by atoms with Gasteiger partial charge in [0, 0.05) is 56.6 Å². The molecule has 0 spiro atoms. The van der Waals surface area contributed by atoms with Crippen LogP contribution in [0.2, 0.25) is 0 Å². The third-order valence-electron chi connectivity index (χ3n) is 5.45. The van der Waals surface area contributed by atoms with Crippen molar-refractivity contribution in [3.05, 3.63) is 41.6 Å². The van der Waals surface area contributed by atoms with E-state index >= 15 is 0 Å². The van der Waals surface area contributed by atoms with E-state index in [0.29, 0.717) is 18.7 Å². The number of methoxy groups -OCH3 is 1. The van der Waals surface area contributed by atoms with Crippen molar-refractivity contribution in [1.82, 2.24) is 14.9 Å². The van der Waals surface area contributed by atoms with Crippen molar-refractivity contribution in [3.63, 3.8) is 0 Å². The maximum atomic E-state index is 12.8. The second-order valence-corrected chi connectivity index (χ2v) is 7.37. The molecule has 3 heterocycles. The number of hydrogen-bond acceptors (Lipinski definition) is 6. The second-order valence-electron chi connectivity index (χ2n) is 7.37. The molecule has 0 aliphatic carbocycles. The third kappa shape index (κ3) is 3.88. The summed E-state index contributed by atoms with van der Waals surface area (Å²) in [4.78, 5) is 28.6. The summed E-state index contributed by atoms with van der Waals surface area (Å²) in [5, 5.41) is 0. The van der Waals surface area contributed by atoms with Crippen LogP contribution < -0.4 is 14.5 Å². The lowest BCUT2D eigenvalue weighted by Gasteiger charge is -2.35. The van der Waals surface area contributed by atoms with Crippen molar-refractivity contribution in [1.29, 1.82) is 0 Å². The molecule has 0 N–H and O–H groups in total. The number of ether oxygens (including phenoxy) is 1. The third-order valence-corrected chi connectivity index (χ3v) is 5.45. The van der Waals surface area contributed by atoms with Gasteiger partial charge in [-0.05, 0) is 44.0 Å². The van der Waals surface area contributed by atoms with Crippen LogP contribution in [-0.4, -0.2) is 67.2 Å². The van der Waals surface area contributed by atoms with Crippen molar-refractivity contribution in [2.75, 3.05) is 56.2 Å². The molecule has 0 atom stereocenters. The van der Waals surface area contributed by atoms with Gasteiger partial charge < -0.3 is 19.4 Å². The van der Waals surface area contributed by atoms with Gasteiger partial charge in [0.05, 0.1) is 7.11 Å². The van der Waals surface area contributed by atoms with Crippen molar-refractivity contribution >= 4 is 17.7 Å². The van der Waals surface area contributed by atoms with Crippen LogP contribution in [0.5, 0.6) is 5.75 Å². The predicted molar refractivity (Wildman–Crippen MR) is 109 cm³/mol. The lowest BCUT2D eigenvalue weighted by atomic mass is 10.1. The Balaban J connectivity index is 1.41.